The van der Waals surface area contributed by atoms with Crippen LogP contribution in [0.1, 0.15) is 23.3 Å². The summed E-state index contributed by atoms with van der Waals surface area (Å²) in [6.45, 7) is 2.52. The van der Waals surface area contributed by atoms with E-state index >= 15 is 4.39 Å². The average molecular weight is 352 g/mol. The molecule has 3 aromatic rings. The Morgan fingerprint density at radius 3 is 2.62 bits per heavy atom. The van der Waals surface area contributed by atoms with Crippen LogP contribution in [0.3, 0.4) is 0 Å². The Labute approximate surface area is 148 Å². The van der Waals surface area contributed by atoms with Gasteiger partial charge in [-0.05, 0) is 18.6 Å². The van der Waals surface area contributed by atoms with Gasteiger partial charge >= 0.3 is 5.97 Å². The fourth-order valence-electron chi connectivity index (χ4n) is 3.79. The highest BCUT2D eigenvalue weighted by atomic mass is 19.1. The van der Waals surface area contributed by atoms with Gasteiger partial charge in [0, 0.05) is 31.4 Å². The van der Waals surface area contributed by atoms with E-state index in [1.54, 1.807) is 4.57 Å². The molecule has 4 rings (SSSR count). The molecule has 1 aliphatic heterocycles. The number of aromatic nitrogens is 1. The van der Waals surface area contributed by atoms with Gasteiger partial charge in [-0.1, -0.05) is 30.3 Å². The second kappa shape index (κ2) is 5.69. The number of rotatable bonds is 2. The van der Waals surface area contributed by atoms with Gasteiger partial charge in [0.05, 0.1) is 16.6 Å². The van der Waals surface area contributed by atoms with E-state index in [9.17, 15) is 14.7 Å². The molecule has 2 aromatic carbocycles. The number of benzene rings is 2. The van der Waals surface area contributed by atoms with Crippen LogP contribution >= 0.6 is 0 Å². The number of hydrogen-bond donors (Lipinski definition) is 1. The second-order valence-electron chi connectivity index (χ2n) is 6.66. The summed E-state index contributed by atoms with van der Waals surface area (Å²) in [6, 6.07) is 10.3. The van der Waals surface area contributed by atoms with E-state index in [4.69, 9.17) is 0 Å². The lowest BCUT2D eigenvalue weighted by Crippen LogP contribution is -2.34. The number of hydrogen-bond acceptors (Lipinski definition) is 3. The highest BCUT2D eigenvalue weighted by Gasteiger charge is 2.29. The fraction of sp³-hybridized carbons (Fsp3) is 0.200. The average Bonchev–Trinajstić information content (AvgIpc) is 2.60. The molecular formula is C20H17FN2O3. The molecule has 0 fully saturated rings. The number of carbonyl (C=O) groups is 1. The number of carboxylic acids is 1. The van der Waals surface area contributed by atoms with Crippen molar-refractivity contribution in [3.63, 3.8) is 0 Å². The van der Waals surface area contributed by atoms with Crippen molar-refractivity contribution < 1.29 is 14.3 Å². The van der Waals surface area contributed by atoms with E-state index < -0.39 is 17.2 Å². The van der Waals surface area contributed by atoms with Crippen LogP contribution in [0.5, 0.6) is 0 Å². The lowest BCUT2D eigenvalue weighted by molar-refractivity contribution is 0.0694. The molecular weight excluding hydrogens is 335 g/mol. The van der Waals surface area contributed by atoms with Gasteiger partial charge in [-0.15, -0.1) is 0 Å². The first-order chi connectivity index (χ1) is 12.4. The summed E-state index contributed by atoms with van der Waals surface area (Å²) in [4.78, 5) is 26.0. The minimum absolute atomic E-state index is 0.0530. The van der Waals surface area contributed by atoms with Crippen molar-refractivity contribution in [2.75, 3.05) is 18.5 Å². The summed E-state index contributed by atoms with van der Waals surface area (Å²) >= 11 is 0. The molecule has 132 valence electrons. The van der Waals surface area contributed by atoms with Crippen LogP contribution in [-0.4, -0.2) is 29.2 Å². The summed E-state index contributed by atoms with van der Waals surface area (Å²) < 4.78 is 16.8. The predicted octanol–water partition coefficient (Wildman–Crippen LogP) is 3.52. The van der Waals surface area contributed by atoms with E-state index in [-0.39, 0.29) is 17.0 Å². The van der Waals surface area contributed by atoms with Gasteiger partial charge in [-0.3, -0.25) is 4.79 Å². The van der Waals surface area contributed by atoms with Gasteiger partial charge in [-0.2, -0.15) is 0 Å². The Hall–Kier alpha value is -3.15. The SMILES string of the molecule is CC1CN(C)c2c(-c3ccccc3)c(F)cc3c(=O)c(C(=O)O)cn1c23. The van der Waals surface area contributed by atoms with E-state index in [1.807, 2.05) is 49.2 Å². The number of halogens is 1. The molecule has 0 bridgehead atoms. The fourth-order valence-corrected chi connectivity index (χ4v) is 3.79. The molecule has 2 heterocycles. The number of anilines is 1. The molecule has 1 unspecified atom stereocenters. The quantitative estimate of drug-likeness (QED) is 0.767. The van der Waals surface area contributed by atoms with E-state index in [0.717, 1.165) is 6.07 Å². The Kier molecular flexibility index (Phi) is 3.57. The largest absolute Gasteiger partial charge is 0.477 e. The maximum atomic E-state index is 15.1. The van der Waals surface area contributed by atoms with Gasteiger partial charge < -0.3 is 14.6 Å². The lowest BCUT2D eigenvalue weighted by atomic mass is 9.96. The van der Waals surface area contributed by atoms with Crippen molar-refractivity contribution in [1.29, 1.82) is 0 Å². The van der Waals surface area contributed by atoms with Crippen LogP contribution < -0.4 is 10.3 Å². The molecule has 0 saturated carbocycles. The molecule has 0 amide bonds. The Bertz CT molecular complexity index is 1110. The molecule has 0 radical (unpaired) electrons. The summed E-state index contributed by atoms with van der Waals surface area (Å²) in [7, 11) is 1.86. The zero-order valence-electron chi connectivity index (χ0n) is 14.4. The van der Waals surface area contributed by atoms with Gasteiger partial charge in [0.2, 0.25) is 5.43 Å². The number of carboxylic acid groups (broad SMARTS) is 1. The topological polar surface area (TPSA) is 62.5 Å². The van der Waals surface area contributed by atoms with E-state index in [2.05, 4.69) is 0 Å². The Morgan fingerprint density at radius 2 is 1.96 bits per heavy atom. The first-order valence-corrected chi connectivity index (χ1v) is 8.31. The third-order valence-electron chi connectivity index (χ3n) is 4.93. The van der Waals surface area contributed by atoms with Crippen LogP contribution in [0.2, 0.25) is 0 Å². The Balaban J connectivity index is 2.22. The van der Waals surface area contributed by atoms with E-state index in [0.29, 0.717) is 28.9 Å². The summed E-state index contributed by atoms with van der Waals surface area (Å²) in [6.07, 6.45) is 1.38. The smallest absolute Gasteiger partial charge is 0.341 e. The van der Waals surface area contributed by atoms with Crippen molar-refractivity contribution in [3.8, 4) is 11.1 Å². The molecule has 5 nitrogen and oxygen atoms in total. The molecule has 1 aromatic heterocycles. The summed E-state index contributed by atoms with van der Waals surface area (Å²) in [5, 5.41) is 9.45. The second-order valence-corrected chi connectivity index (χ2v) is 6.66. The summed E-state index contributed by atoms with van der Waals surface area (Å²) in [5.41, 5.74) is 1.31. The number of likely N-dealkylation sites (N-methyl/N-ethyl adjacent to an activating group) is 1. The minimum Gasteiger partial charge on any atom is -0.477 e. The van der Waals surface area contributed by atoms with Gasteiger partial charge in [0.25, 0.3) is 0 Å². The van der Waals surface area contributed by atoms with Crippen LogP contribution in [0.25, 0.3) is 22.0 Å². The van der Waals surface area contributed by atoms with Crippen molar-refractivity contribution in [1.82, 2.24) is 4.57 Å². The molecule has 1 aliphatic rings. The van der Waals surface area contributed by atoms with Crippen LogP contribution in [-0.2, 0) is 0 Å². The Morgan fingerprint density at radius 1 is 1.27 bits per heavy atom. The minimum atomic E-state index is -1.30. The molecule has 1 atom stereocenters. The predicted molar refractivity (Wildman–Crippen MR) is 98.5 cm³/mol. The molecule has 1 N–H and O–H groups in total. The van der Waals surface area contributed by atoms with E-state index in [1.165, 1.54) is 6.20 Å². The molecule has 26 heavy (non-hydrogen) atoms. The van der Waals surface area contributed by atoms with Crippen molar-refractivity contribution >= 4 is 22.6 Å². The standard InChI is InChI=1S/C20H17FN2O3/c1-11-9-22(2)18-16(12-6-4-3-5-7-12)15(21)8-13-17(18)23(11)10-14(19(13)24)20(25)26/h3-8,10-11H,9H2,1-2H3,(H,25,26). The first-order valence-electron chi connectivity index (χ1n) is 8.31. The maximum Gasteiger partial charge on any atom is 0.341 e. The normalized spacial score (nSPS) is 16.1. The third kappa shape index (κ3) is 2.22. The molecule has 0 aliphatic carbocycles. The number of pyridine rings is 1. The molecule has 0 spiro atoms. The van der Waals surface area contributed by atoms with Gasteiger partial charge in [-0.25, -0.2) is 9.18 Å². The monoisotopic (exact) mass is 352 g/mol. The zero-order valence-corrected chi connectivity index (χ0v) is 14.4. The van der Waals surface area contributed by atoms with Crippen LogP contribution in [0, 0.1) is 5.82 Å². The maximum absolute atomic E-state index is 15.1. The third-order valence-corrected chi connectivity index (χ3v) is 4.93. The highest BCUT2D eigenvalue weighted by Crippen LogP contribution is 2.42. The molecule has 0 saturated heterocycles. The van der Waals surface area contributed by atoms with Crippen molar-refractivity contribution in [2.45, 2.75) is 13.0 Å². The first kappa shape index (κ1) is 16.3. The van der Waals surface area contributed by atoms with Crippen molar-refractivity contribution in [2.24, 2.45) is 0 Å². The van der Waals surface area contributed by atoms with Crippen molar-refractivity contribution in [3.05, 3.63) is 64.2 Å². The molecule has 6 heteroatoms. The highest BCUT2D eigenvalue weighted by molar-refractivity contribution is 6.03. The lowest BCUT2D eigenvalue weighted by Gasteiger charge is -2.35. The number of aromatic carboxylic acids is 1. The van der Waals surface area contributed by atoms with Crippen LogP contribution in [0.15, 0.2) is 47.4 Å². The van der Waals surface area contributed by atoms with Gasteiger partial charge in [0.15, 0.2) is 0 Å². The number of nitrogens with zero attached hydrogens (tertiary/aromatic N) is 2. The zero-order chi connectivity index (χ0) is 18.6. The van der Waals surface area contributed by atoms with Crippen LogP contribution in [0.4, 0.5) is 10.1 Å². The van der Waals surface area contributed by atoms with Gasteiger partial charge in [0.1, 0.15) is 11.4 Å². The summed E-state index contributed by atoms with van der Waals surface area (Å²) in [5.74, 6) is -1.84.